The first kappa shape index (κ1) is 13.0. The smallest absolute Gasteiger partial charge is 0.202 e. The Kier molecular flexibility index (Phi) is 3.60. The lowest BCUT2D eigenvalue weighted by Gasteiger charge is -2.03. The maximum Gasteiger partial charge on any atom is 0.202 e. The summed E-state index contributed by atoms with van der Waals surface area (Å²) in [5.41, 5.74) is 2.02. The second-order valence-corrected chi connectivity index (χ2v) is 5.86. The number of benzene rings is 1. The molecule has 4 nitrogen and oxygen atoms in total. The van der Waals surface area contributed by atoms with Crippen LogP contribution in [0.1, 0.15) is 13.8 Å². The van der Waals surface area contributed by atoms with E-state index in [4.69, 9.17) is 0 Å². The quantitative estimate of drug-likeness (QED) is 0.791. The highest BCUT2D eigenvalue weighted by Gasteiger charge is 2.07. The maximum absolute atomic E-state index is 4.54. The third kappa shape index (κ3) is 2.77. The molecule has 0 saturated heterocycles. The van der Waals surface area contributed by atoms with Gasteiger partial charge < -0.3 is 5.32 Å². The zero-order valence-electron chi connectivity index (χ0n) is 11.5. The number of aromatic nitrogens is 3. The largest absolute Gasteiger partial charge is 0.360 e. The molecule has 0 amide bonds. The Hall–Kier alpha value is -2.01. The van der Waals surface area contributed by atoms with E-state index < -0.39 is 0 Å². The number of rotatable bonds is 4. The van der Waals surface area contributed by atoms with E-state index in [9.17, 15) is 0 Å². The van der Waals surface area contributed by atoms with Crippen LogP contribution in [-0.4, -0.2) is 20.9 Å². The van der Waals surface area contributed by atoms with Gasteiger partial charge in [0.1, 0.15) is 0 Å². The van der Waals surface area contributed by atoms with Gasteiger partial charge in [-0.15, -0.1) is 0 Å². The standard InChI is InChI=1S/C15H16N4S/c1-10(2)9-17-15-18-14(19-20-15)12-5-6-13-11(8-12)4-3-7-16-13/h3-8,10H,9H2,1-2H3,(H,17,18,19). The van der Waals surface area contributed by atoms with E-state index in [1.807, 2.05) is 18.2 Å². The van der Waals surface area contributed by atoms with Gasteiger partial charge in [-0.25, -0.2) is 0 Å². The van der Waals surface area contributed by atoms with Crippen molar-refractivity contribution in [1.29, 1.82) is 0 Å². The van der Waals surface area contributed by atoms with Crippen molar-refractivity contribution in [1.82, 2.24) is 14.3 Å². The first-order valence-corrected chi connectivity index (χ1v) is 7.42. The van der Waals surface area contributed by atoms with Gasteiger partial charge in [0.25, 0.3) is 0 Å². The van der Waals surface area contributed by atoms with Gasteiger partial charge in [0.15, 0.2) is 5.82 Å². The number of hydrogen-bond donors (Lipinski definition) is 1. The highest BCUT2D eigenvalue weighted by atomic mass is 32.1. The minimum Gasteiger partial charge on any atom is -0.360 e. The molecule has 20 heavy (non-hydrogen) atoms. The van der Waals surface area contributed by atoms with Gasteiger partial charge in [-0.05, 0) is 30.2 Å². The van der Waals surface area contributed by atoms with E-state index in [0.717, 1.165) is 34.0 Å². The van der Waals surface area contributed by atoms with E-state index in [-0.39, 0.29) is 0 Å². The fourth-order valence-corrected chi connectivity index (χ4v) is 2.51. The molecule has 0 aliphatic rings. The Morgan fingerprint density at radius 2 is 2.15 bits per heavy atom. The second-order valence-electron chi connectivity index (χ2n) is 5.11. The lowest BCUT2D eigenvalue weighted by molar-refractivity contribution is 0.688. The molecule has 3 rings (SSSR count). The highest BCUT2D eigenvalue weighted by molar-refractivity contribution is 7.09. The van der Waals surface area contributed by atoms with E-state index in [0.29, 0.717) is 5.92 Å². The van der Waals surface area contributed by atoms with Crippen LogP contribution in [0, 0.1) is 5.92 Å². The highest BCUT2D eigenvalue weighted by Crippen LogP contribution is 2.24. The minimum absolute atomic E-state index is 0.592. The lowest BCUT2D eigenvalue weighted by atomic mass is 10.1. The van der Waals surface area contributed by atoms with Crippen LogP contribution in [-0.2, 0) is 0 Å². The Morgan fingerprint density at radius 3 is 3.00 bits per heavy atom. The molecule has 0 atom stereocenters. The average Bonchev–Trinajstić information content (AvgIpc) is 2.93. The van der Waals surface area contributed by atoms with Crippen LogP contribution in [0.2, 0.25) is 0 Å². The van der Waals surface area contributed by atoms with Crippen molar-refractivity contribution in [2.45, 2.75) is 13.8 Å². The van der Waals surface area contributed by atoms with Crippen molar-refractivity contribution in [3.8, 4) is 11.4 Å². The zero-order valence-corrected chi connectivity index (χ0v) is 12.3. The molecule has 0 aliphatic carbocycles. The molecule has 0 spiro atoms. The van der Waals surface area contributed by atoms with Crippen molar-refractivity contribution < 1.29 is 0 Å². The summed E-state index contributed by atoms with van der Waals surface area (Å²) < 4.78 is 4.42. The zero-order chi connectivity index (χ0) is 13.9. The molecule has 0 unspecified atom stereocenters. The van der Waals surface area contributed by atoms with Gasteiger partial charge in [0.2, 0.25) is 5.13 Å². The fourth-order valence-electron chi connectivity index (χ4n) is 1.92. The predicted molar refractivity (Wildman–Crippen MR) is 84.0 cm³/mol. The average molecular weight is 284 g/mol. The van der Waals surface area contributed by atoms with Crippen molar-refractivity contribution in [3.63, 3.8) is 0 Å². The van der Waals surface area contributed by atoms with Gasteiger partial charge in [0, 0.05) is 35.2 Å². The van der Waals surface area contributed by atoms with E-state index >= 15 is 0 Å². The molecule has 5 heteroatoms. The van der Waals surface area contributed by atoms with Crippen molar-refractivity contribution in [2.24, 2.45) is 5.92 Å². The summed E-state index contributed by atoms with van der Waals surface area (Å²) in [6.45, 7) is 5.26. The number of nitrogens with zero attached hydrogens (tertiary/aromatic N) is 3. The predicted octanol–water partition coefficient (Wildman–Crippen LogP) is 3.82. The van der Waals surface area contributed by atoms with Gasteiger partial charge in [0.05, 0.1) is 5.52 Å². The van der Waals surface area contributed by atoms with Gasteiger partial charge >= 0.3 is 0 Å². The number of fused-ring (bicyclic) bond motifs is 1. The number of pyridine rings is 1. The van der Waals surface area contributed by atoms with Crippen LogP contribution < -0.4 is 5.32 Å². The molecule has 0 aliphatic heterocycles. The molecule has 0 saturated carbocycles. The second kappa shape index (κ2) is 5.54. The lowest BCUT2D eigenvalue weighted by Crippen LogP contribution is -2.07. The molecule has 0 fully saturated rings. The van der Waals surface area contributed by atoms with Crippen molar-refractivity contribution in [3.05, 3.63) is 36.5 Å². The molecule has 2 aromatic heterocycles. The summed E-state index contributed by atoms with van der Waals surface area (Å²) in [7, 11) is 0. The van der Waals surface area contributed by atoms with E-state index in [1.54, 1.807) is 6.20 Å². The summed E-state index contributed by atoms with van der Waals surface area (Å²) in [6, 6.07) is 10.1. The van der Waals surface area contributed by atoms with Gasteiger partial charge in [-0.3, -0.25) is 4.98 Å². The Morgan fingerprint density at radius 1 is 1.25 bits per heavy atom. The third-order valence-corrected chi connectivity index (χ3v) is 3.62. The first-order chi connectivity index (χ1) is 9.72. The van der Waals surface area contributed by atoms with Crippen LogP contribution in [0.5, 0.6) is 0 Å². The number of nitrogens with one attached hydrogen (secondary N) is 1. The fraction of sp³-hybridized carbons (Fsp3) is 0.267. The normalized spacial score (nSPS) is 11.2. The summed E-state index contributed by atoms with van der Waals surface area (Å²) in [5.74, 6) is 1.36. The molecule has 3 aromatic rings. The molecule has 0 bridgehead atoms. The Balaban J connectivity index is 1.87. The van der Waals surface area contributed by atoms with Crippen LogP contribution in [0.25, 0.3) is 22.3 Å². The molecule has 1 N–H and O–H groups in total. The third-order valence-electron chi connectivity index (χ3n) is 2.95. The molecular weight excluding hydrogens is 268 g/mol. The minimum atomic E-state index is 0.592. The van der Waals surface area contributed by atoms with Gasteiger partial charge in [-0.2, -0.15) is 9.36 Å². The van der Waals surface area contributed by atoms with Crippen LogP contribution in [0.15, 0.2) is 36.5 Å². The molecule has 2 heterocycles. The summed E-state index contributed by atoms with van der Waals surface area (Å²) in [5, 5.41) is 5.29. The number of anilines is 1. The van der Waals surface area contributed by atoms with E-state index in [1.165, 1.54) is 11.5 Å². The first-order valence-electron chi connectivity index (χ1n) is 6.65. The topological polar surface area (TPSA) is 50.7 Å². The molecule has 1 aromatic carbocycles. The van der Waals surface area contributed by atoms with Crippen molar-refractivity contribution >= 4 is 27.6 Å². The van der Waals surface area contributed by atoms with Crippen LogP contribution in [0.3, 0.4) is 0 Å². The Labute approximate surface area is 122 Å². The van der Waals surface area contributed by atoms with E-state index in [2.05, 4.69) is 45.6 Å². The maximum atomic E-state index is 4.54. The molecule has 0 radical (unpaired) electrons. The monoisotopic (exact) mass is 284 g/mol. The summed E-state index contributed by atoms with van der Waals surface area (Å²) >= 11 is 1.40. The van der Waals surface area contributed by atoms with Crippen LogP contribution >= 0.6 is 11.5 Å². The molecule has 102 valence electrons. The summed E-state index contributed by atoms with van der Waals surface area (Å²) in [6.07, 6.45) is 1.80. The molecular formula is C15H16N4S. The van der Waals surface area contributed by atoms with Gasteiger partial charge in [-0.1, -0.05) is 19.9 Å². The SMILES string of the molecule is CC(C)CNc1nc(-c2ccc3ncccc3c2)ns1. The van der Waals surface area contributed by atoms with Crippen molar-refractivity contribution in [2.75, 3.05) is 11.9 Å². The summed E-state index contributed by atoms with van der Waals surface area (Å²) in [4.78, 5) is 8.85. The Bertz CT molecular complexity index is 720. The van der Waals surface area contributed by atoms with Crippen LogP contribution in [0.4, 0.5) is 5.13 Å². The number of hydrogen-bond acceptors (Lipinski definition) is 5.